The van der Waals surface area contributed by atoms with Crippen molar-refractivity contribution in [2.24, 2.45) is 0 Å². The monoisotopic (exact) mass is 282 g/mol. The van der Waals surface area contributed by atoms with Crippen LogP contribution in [0.5, 0.6) is 0 Å². The smallest absolute Gasteiger partial charge is 0.126 e. The number of nitrogens with zero attached hydrogens (tertiary/aromatic N) is 1. The molecule has 2 nitrogen and oxygen atoms in total. The Hall–Kier alpha value is -0.740. The highest BCUT2D eigenvalue weighted by Crippen LogP contribution is 2.32. The largest absolute Gasteiger partial charge is 0.369 e. The van der Waals surface area contributed by atoms with Gasteiger partial charge in [0.1, 0.15) is 5.82 Å². The molecule has 2 atom stereocenters. The molecule has 1 aliphatic heterocycles. The summed E-state index contributed by atoms with van der Waals surface area (Å²) in [6, 6.07) is 3.86. The maximum Gasteiger partial charge on any atom is 0.126 e. The molecule has 1 aromatic carbocycles. The number of halogens is 1. The zero-order valence-electron chi connectivity index (χ0n) is 12.2. The van der Waals surface area contributed by atoms with E-state index in [0.717, 1.165) is 30.0 Å². The summed E-state index contributed by atoms with van der Waals surface area (Å²) in [5.41, 5.74) is 2.98. The van der Waals surface area contributed by atoms with Crippen LogP contribution in [0.15, 0.2) is 12.1 Å². The van der Waals surface area contributed by atoms with Gasteiger partial charge in [0.05, 0.1) is 0 Å². The van der Waals surface area contributed by atoms with E-state index in [-0.39, 0.29) is 11.9 Å². The lowest BCUT2D eigenvalue weighted by atomic mass is 10.0. The minimum absolute atomic E-state index is 0.111. The molecule has 1 aliphatic rings. The predicted octanol–water partition coefficient (Wildman–Crippen LogP) is 3.36. The zero-order valence-corrected chi connectivity index (χ0v) is 13.0. The Morgan fingerprint density at radius 3 is 2.84 bits per heavy atom. The Morgan fingerprint density at radius 2 is 2.21 bits per heavy atom. The van der Waals surface area contributed by atoms with Crippen LogP contribution in [0, 0.1) is 12.7 Å². The van der Waals surface area contributed by atoms with Gasteiger partial charge < -0.3 is 10.2 Å². The lowest BCUT2D eigenvalue weighted by Gasteiger charge is -2.35. The number of anilines is 1. The summed E-state index contributed by atoms with van der Waals surface area (Å²) in [7, 11) is 1.92. The average Bonchev–Trinajstić information content (AvgIpc) is 2.40. The summed E-state index contributed by atoms with van der Waals surface area (Å²) in [4.78, 5) is 2.40. The van der Waals surface area contributed by atoms with E-state index in [1.165, 1.54) is 5.69 Å². The summed E-state index contributed by atoms with van der Waals surface area (Å²) in [5.74, 6) is 1.03. The first-order valence-electron chi connectivity index (χ1n) is 6.86. The van der Waals surface area contributed by atoms with Crippen LogP contribution in [0.3, 0.4) is 0 Å². The van der Waals surface area contributed by atoms with E-state index in [9.17, 15) is 4.39 Å². The van der Waals surface area contributed by atoms with Crippen molar-refractivity contribution in [3.8, 4) is 0 Å². The molecule has 19 heavy (non-hydrogen) atoms. The van der Waals surface area contributed by atoms with Gasteiger partial charge in [-0.1, -0.05) is 6.92 Å². The SMILES string of the molecule is CNC(C)c1cc(F)c(C)cc1N1CCSC(C)C1. The predicted molar refractivity (Wildman–Crippen MR) is 82.7 cm³/mol. The van der Waals surface area contributed by atoms with Crippen LogP contribution in [0.25, 0.3) is 0 Å². The van der Waals surface area contributed by atoms with Crippen LogP contribution >= 0.6 is 11.8 Å². The molecule has 0 amide bonds. The molecule has 1 N–H and O–H groups in total. The van der Waals surface area contributed by atoms with Crippen molar-refractivity contribution in [3.05, 3.63) is 29.1 Å². The Bertz CT molecular complexity index is 450. The standard InChI is InChI=1S/C15H23FN2S/c1-10-7-15(18-5-6-19-11(2)9-18)13(8-14(10)16)12(3)17-4/h7-8,11-12,17H,5-6,9H2,1-4H3. The topological polar surface area (TPSA) is 15.3 Å². The van der Waals surface area contributed by atoms with Crippen LogP contribution in [0.1, 0.15) is 31.0 Å². The molecule has 0 aromatic heterocycles. The molecule has 1 saturated heterocycles. The molecule has 4 heteroatoms. The molecule has 1 heterocycles. The molecular weight excluding hydrogens is 259 g/mol. The van der Waals surface area contributed by atoms with Crippen molar-refractivity contribution in [3.63, 3.8) is 0 Å². The minimum Gasteiger partial charge on any atom is -0.369 e. The van der Waals surface area contributed by atoms with Crippen LogP contribution in [0.2, 0.25) is 0 Å². The number of hydrogen-bond acceptors (Lipinski definition) is 3. The normalized spacial score (nSPS) is 21.5. The van der Waals surface area contributed by atoms with E-state index in [2.05, 4.69) is 24.1 Å². The van der Waals surface area contributed by atoms with Gasteiger partial charge in [-0.25, -0.2) is 4.39 Å². The van der Waals surface area contributed by atoms with Crippen molar-refractivity contribution in [2.75, 3.05) is 30.8 Å². The highest BCUT2D eigenvalue weighted by molar-refractivity contribution is 8.00. The Balaban J connectivity index is 2.39. The maximum atomic E-state index is 13.8. The summed E-state index contributed by atoms with van der Waals surface area (Å²) >= 11 is 2.01. The molecule has 2 rings (SSSR count). The van der Waals surface area contributed by atoms with Crippen LogP contribution < -0.4 is 10.2 Å². The lowest BCUT2D eigenvalue weighted by Crippen LogP contribution is -2.37. The van der Waals surface area contributed by atoms with Crippen LogP contribution in [-0.2, 0) is 0 Å². The fraction of sp³-hybridized carbons (Fsp3) is 0.600. The first-order chi connectivity index (χ1) is 9.02. The summed E-state index contributed by atoms with van der Waals surface area (Å²) in [6.45, 7) is 8.27. The molecule has 106 valence electrons. The van der Waals surface area contributed by atoms with Crippen molar-refractivity contribution in [1.82, 2.24) is 5.32 Å². The molecule has 1 fully saturated rings. The summed E-state index contributed by atoms with van der Waals surface area (Å²) in [5, 5.41) is 3.86. The van der Waals surface area contributed by atoms with Crippen LogP contribution in [0.4, 0.5) is 10.1 Å². The van der Waals surface area contributed by atoms with E-state index < -0.39 is 0 Å². The lowest BCUT2D eigenvalue weighted by molar-refractivity contribution is 0.599. The third-order valence-corrected chi connectivity index (χ3v) is 4.93. The van der Waals surface area contributed by atoms with E-state index >= 15 is 0 Å². The van der Waals surface area contributed by atoms with Gasteiger partial charge in [-0.05, 0) is 44.2 Å². The van der Waals surface area contributed by atoms with E-state index in [4.69, 9.17) is 0 Å². The third kappa shape index (κ3) is 3.23. The molecule has 0 radical (unpaired) electrons. The maximum absolute atomic E-state index is 13.8. The highest BCUT2D eigenvalue weighted by Gasteiger charge is 2.22. The van der Waals surface area contributed by atoms with Gasteiger partial charge in [0.25, 0.3) is 0 Å². The van der Waals surface area contributed by atoms with Crippen molar-refractivity contribution in [1.29, 1.82) is 0 Å². The van der Waals surface area contributed by atoms with Gasteiger partial charge in [-0.3, -0.25) is 0 Å². The second kappa shape index (κ2) is 6.14. The molecule has 2 unspecified atom stereocenters. The Labute approximate surface area is 119 Å². The van der Waals surface area contributed by atoms with Gasteiger partial charge >= 0.3 is 0 Å². The van der Waals surface area contributed by atoms with Gasteiger partial charge in [-0.2, -0.15) is 11.8 Å². The number of aryl methyl sites for hydroxylation is 1. The van der Waals surface area contributed by atoms with Crippen LogP contribution in [-0.4, -0.2) is 31.1 Å². The number of thioether (sulfide) groups is 1. The number of nitrogens with one attached hydrogen (secondary N) is 1. The zero-order chi connectivity index (χ0) is 14.0. The highest BCUT2D eigenvalue weighted by atomic mass is 32.2. The van der Waals surface area contributed by atoms with Gasteiger partial charge in [-0.15, -0.1) is 0 Å². The van der Waals surface area contributed by atoms with Crippen molar-refractivity contribution < 1.29 is 4.39 Å². The quantitative estimate of drug-likeness (QED) is 0.915. The Kier molecular flexibility index (Phi) is 4.74. The summed E-state index contributed by atoms with van der Waals surface area (Å²) < 4.78 is 13.8. The Morgan fingerprint density at radius 1 is 1.47 bits per heavy atom. The van der Waals surface area contributed by atoms with Crippen molar-refractivity contribution in [2.45, 2.75) is 32.1 Å². The molecule has 0 bridgehead atoms. The molecule has 1 aromatic rings. The number of hydrogen-bond donors (Lipinski definition) is 1. The fourth-order valence-corrected chi connectivity index (χ4v) is 3.51. The third-order valence-electron chi connectivity index (χ3n) is 3.79. The van der Waals surface area contributed by atoms with Gasteiger partial charge in [0.15, 0.2) is 0 Å². The van der Waals surface area contributed by atoms with Gasteiger partial charge in [0.2, 0.25) is 0 Å². The fourth-order valence-electron chi connectivity index (χ4n) is 2.50. The average molecular weight is 282 g/mol. The second-order valence-electron chi connectivity index (χ2n) is 5.30. The van der Waals surface area contributed by atoms with Gasteiger partial charge in [0, 0.05) is 35.8 Å². The first kappa shape index (κ1) is 14.7. The first-order valence-corrected chi connectivity index (χ1v) is 7.91. The van der Waals surface area contributed by atoms with Crippen molar-refractivity contribution >= 4 is 17.4 Å². The molecule has 0 aliphatic carbocycles. The number of benzene rings is 1. The van der Waals surface area contributed by atoms with E-state index in [0.29, 0.717) is 5.25 Å². The van der Waals surface area contributed by atoms with E-state index in [1.54, 1.807) is 6.07 Å². The molecule has 0 spiro atoms. The summed E-state index contributed by atoms with van der Waals surface area (Å²) in [6.07, 6.45) is 0. The van der Waals surface area contributed by atoms with E-state index in [1.807, 2.05) is 31.8 Å². The minimum atomic E-state index is -0.111. The molecular formula is C15H23FN2S. The molecule has 0 saturated carbocycles. The second-order valence-corrected chi connectivity index (χ2v) is 6.84. The number of rotatable bonds is 3.